The first-order chi connectivity index (χ1) is 11.8. The first-order valence-corrected chi connectivity index (χ1v) is 8.29. The van der Waals surface area contributed by atoms with Crippen molar-refractivity contribution in [3.8, 4) is 11.4 Å². The molecule has 1 N–H and O–H groups in total. The third-order valence-corrected chi connectivity index (χ3v) is 4.34. The van der Waals surface area contributed by atoms with Crippen LogP contribution in [0.2, 0.25) is 0 Å². The minimum atomic E-state index is 0.0973. The lowest BCUT2D eigenvalue weighted by molar-refractivity contribution is -0.133. The zero-order valence-corrected chi connectivity index (χ0v) is 13.4. The fourth-order valence-corrected chi connectivity index (χ4v) is 2.79. The van der Waals surface area contributed by atoms with Crippen LogP contribution in [0.3, 0.4) is 0 Å². The molecule has 2 fully saturated rings. The van der Waals surface area contributed by atoms with Crippen molar-refractivity contribution in [2.75, 3.05) is 38.2 Å². The van der Waals surface area contributed by atoms with Gasteiger partial charge in [-0.2, -0.15) is 0 Å². The van der Waals surface area contributed by atoms with Crippen LogP contribution >= 0.6 is 0 Å². The van der Waals surface area contributed by atoms with E-state index < -0.39 is 0 Å². The van der Waals surface area contributed by atoms with Crippen LogP contribution in [0.4, 0.5) is 5.69 Å². The standard InChI is InChI=1S/C16H20N6O2/c23-15(21-7-9-24-10-8-21)11-17-13-3-1-12(2-4-13)16-18-19-20-22(16)14-5-6-14/h1-4,14,17H,5-11H2. The van der Waals surface area contributed by atoms with Gasteiger partial charge in [-0.15, -0.1) is 5.10 Å². The number of benzene rings is 1. The van der Waals surface area contributed by atoms with Crippen molar-refractivity contribution in [2.24, 2.45) is 0 Å². The van der Waals surface area contributed by atoms with Gasteiger partial charge in [0, 0.05) is 24.3 Å². The zero-order valence-electron chi connectivity index (χ0n) is 13.4. The lowest BCUT2D eigenvalue weighted by Gasteiger charge is -2.27. The molecule has 0 spiro atoms. The van der Waals surface area contributed by atoms with E-state index in [2.05, 4.69) is 20.8 Å². The molecule has 2 aromatic rings. The predicted molar refractivity (Wildman–Crippen MR) is 87.4 cm³/mol. The Morgan fingerprint density at radius 2 is 1.96 bits per heavy atom. The maximum absolute atomic E-state index is 12.1. The molecular weight excluding hydrogens is 308 g/mol. The summed E-state index contributed by atoms with van der Waals surface area (Å²) in [5.41, 5.74) is 1.89. The highest BCUT2D eigenvalue weighted by Gasteiger charge is 2.28. The quantitative estimate of drug-likeness (QED) is 0.879. The fraction of sp³-hybridized carbons (Fsp3) is 0.500. The summed E-state index contributed by atoms with van der Waals surface area (Å²) in [5.74, 6) is 0.897. The number of rotatable bonds is 5. The van der Waals surface area contributed by atoms with E-state index in [-0.39, 0.29) is 5.91 Å². The first kappa shape index (κ1) is 15.1. The van der Waals surface area contributed by atoms with E-state index in [9.17, 15) is 4.79 Å². The van der Waals surface area contributed by atoms with Gasteiger partial charge in [0.25, 0.3) is 0 Å². The van der Waals surface area contributed by atoms with Gasteiger partial charge >= 0.3 is 0 Å². The third-order valence-electron chi connectivity index (χ3n) is 4.34. The zero-order chi connectivity index (χ0) is 16.4. The second-order valence-electron chi connectivity index (χ2n) is 6.10. The van der Waals surface area contributed by atoms with Crippen LogP contribution in [0.15, 0.2) is 24.3 Å². The Balaban J connectivity index is 1.37. The largest absolute Gasteiger partial charge is 0.378 e. The summed E-state index contributed by atoms with van der Waals surface area (Å²) >= 11 is 0. The molecule has 0 radical (unpaired) electrons. The van der Waals surface area contributed by atoms with Gasteiger partial charge in [0.2, 0.25) is 5.91 Å². The van der Waals surface area contributed by atoms with Gasteiger partial charge < -0.3 is 15.0 Å². The van der Waals surface area contributed by atoms with Crippen molar-refractivity contribution in [1.29, 1.82) is 0 Å². The lowest BCUT2D eigenvalue weighted by atomic mass is 10.2. The molecule has 0 atom stereocenters. The molecule has 2 heterocycles. The summed E-state index contributed by atoms with van der Waals surface area (Å²) < 4.78 is 7.15. The fourth-order valence-electron chi connectivity index (χ4n) is 2.79. The molecule has 1 saturated carbocycles. The van der Waals surface area contributed by atoms with Gasteiger partial charge in [0.15, 0.2) is 5.82 Å². The summed E-state index contributed by atoms with van der Waals surface area (Å²) in [6.07, 6.45) is 2.28. The molecule has 8 heteroatoms. The van der Waals surface area contributed by atoms with Crippen LogP contribution in [-0.2, 0) is 9.53 Å². The minimum Gasteiger partial charge on any atom is -0.378 e. The molecule has 1 aliphatic heterocycles. The number of nitrogens with zero attached hydrogens (tertiary/aromatic N) is 5. The van der Waals surface area contributed by atoms with E-state index >= 15 is 0 Å². The first-order valence-electron chi connectivity index (χ1n) is 8.29. The number of anilines is 1. The van der Waals surface area contributed by atoms with Crippen molar-refractivity contribution in [3.63, 3.8) is 0 Å². The predicted octanol–water partition coefficient (Wildman–Crippen LogP) is 0.946. The van der Waals surface area contributed by atoms with Crippen molar-refractivity contribution in [3.05, 3.63) is 24.3 Å². The number of nitrogens with one attached hydrogen (secondary N) is 1. The third kappa shape index (κ3) is 3.23. The van der Waals surface area contributed by atoms with Crippen molar-refractivity contribution in [1.82, 2.24) is 25.1 Å². The number of aromatic nitrogens is 4. The number of hydrogen-bond donors (Lipinski definition) is 1. The molecule has 1 aliphatic carbocycles. The maximum Gasteiger partial charge on any atom is 0.242 e. The minimum absolute atomic E-state index is 0.0973. The molecular formula is C16H20N6O2. The molecule has 2 aliphatic rings. The van der Waals surface area contributed by atoms with Crippen molar-refractivity contribution in [2.45, 2.75) is 18.9 Å². The number of morpholine rings is 1. The van der Waals surface area contributed by atoms with E-state index in [1.165, 1.54) is 0 Å². The van der Waals surface area contributed by atoms with Gasteiger partial charge in [-0.25, -0.2) is 4.68 Å². The summed E-state index contributed by atoms with van der Waals surface area (Å²) in [6, 6.07) is 8.30. The number of carbonyl (C=O) groups is 1. The molecule has 1 saturated heterocycles. The van der Waals surface area contributed by atoms with Gasteiger partial charge in [-0.05, 0) is 47.5 Å². The molecule has 0 unspecified atom stereocenters. The van der Waals surface area contributed by atoms with Gasteiger partial charge in [-0.1, -0.05) is 0 Å². The Labute approximate surface area is 139 Å². The lowest BCUT2D eigenvalue weighted by Crippen LogP contribution is -2.43. The van der Waals surface area contributed by atoms with Crippen LogP contribution in [0.1, 0.15) is 18.9 Å². The number of carbonyl (C=O) groups excluding carboxylic acids is 1. The van der Waals surface area contributed by atoms with Crippen LogP contribution in [0.25, 0.3) is 11.4 Å². The summed E-state index contributed by atoms with van der Waals surface area (Å²) in [5, 5.41) is 15.1. The Morgan fingerprint density at radius 3 is 2.67 bits per heavy atom. The smallest absolute Gasteiger partial charge is 0.242 e. The monoisotopic (exact) mass is 328 g/mol. The van der Waals surface area contributed by atoms with Crippen LogP contribution in [0.5, 0.6) is 0 Å². The Hall–Kier alpha value is -2.48. The molecule has 0 bridgehead atoms. The van der Waals surface area contributed by atoms with E-state index in [0.717, 1.165) is 29.9 Å². The SMILES string of the molecule is O=C(CNc1ccc(-c2nnnn2C2CC2)cc1)N1CCOCC1. The number of ether oxygens (including phenoxy) is 1. The molecule has 8 nitrogen and oxygen atoms in total. The Morgan fingerprint density at radius 1 is 1.21 bits per heavy atom. The topological polar surface area (TPSA) is 85.2 Å². The van der Waals surface area contributed by atoms with E-state index in [1.54, 1.807) is 0 Å². The van der Waals surface area contributed by atoms with E-state index in [0.29, 0.717) is 38.9 Å². The van der Waals surface area contributed by atoms with Crippen LogP contribution < -0.4 is 5.32 Å². The molecule has 1 aromatic carbocycles. The Kier molecular flexibility index (Phi) is 4.12. The van der Waals surface area contributed by atoms with Crippen molar-refractivity contribution < 1.29 is 9.53 Å². The number of hydrogen-bond acceptors (Lipinski definition) is 6. The van der Waals surface area contributed by atoms with Crippen LogP contribution in [-0.4, -0.2) is 63.9 Å². The Bertz CT molecular complexity index is 704. The molecule has 24 heavy (non-hydrogen) atoms. The van der Waals surface area contributed by atoms with Crippen molar-refractivity contribution >= 4 is 11.6 Å². The molecule has 1 amide bonds. The van der Waals surface area contributed by atoms with Gasteiger partial charge in [-0.3, -0.25) is 4.79 Å². The average molecular weight is 328 g/mol. The average Bonchev–Trinajstić information content (AvgIpc) is 3.37. The van der Waals surface area contributed by atoms with Gasteiger partial charge in [0.1, 0.15) is 0 Å². The second-order valence-corrected chi connectivity index (χ2v) is 6.10. The number of tetrazole rings is 1. The molecule has 1 aromatic heterocycles. The van der Waals surface area contributed by atoms with E-state index in [1.807, 2.05) is 33.8 Å². The number of amides is 1. The summed E-state index contributed by atoms with van der Waals surface area (Å²) in [7, 11) is 0. The van der Waals surface area contributed by atoms with E-state index in [4.69, 9.17) is 4.74 Å². The molecule has 126 valence electrons. The highest BCUT2D eigenvalue weighted by molar-refractivity contribution is 5.81. The normalized spacial score (nSPS) is 17.8. The summed E-state index contributed by atoms with van der Waals surface area (Å²) in [4.78, 5) is 14.0. The maximum atomic E-state index is 12.1. The highest BCUT2D eigenvalue weighted by atomic mass is 16.5. The molecule has 4 rings (SSSR count). The second kappa shape index (κ2) is 6.56. The van der Waals surface area contributed by atoms with Crippen LogP contribution in [0, 0.1) is 0 Å². The summed E-state index contributed by atoms with van der Waals surface area (Å²) in [6.45, 7) is 2.87. The highest BCUT2D eigenvalue weighted by Crippen LogP contribution is 2.36. The van der Waals surface area contributed by atoms with Gasteiger partial charge in [0.05, 0.1) is 25.8 Å².